The van der Waals surface area contributed by atoms with Crippen LogP contribution in [-0.2, 0) is 23.9 Å². The van der Waals surface area contributed by atoms with Crippen LogP contribution in [0.4, 0.5) is 4.79 Å². The standard InChI is InChI=1S/C41H64N2O7/c1-24(2)32-27(44)21-41(42-35(48)49-25-15-20-43(10)23-25)19-18-39(8)26(33(32)41)11-12-29-38(7)16-14-30(50-31(45)22-36(3,4)34(46)47)37(5,6)28(38)13-17-40(29,39)9/h24-25,28-30,32H,11-23H2,1-10H3,(H,42,48)(H,46,47)/t25-,28?,29?,30+,32?,38+,39-,40-,41-/m1/s1. The first-order chi connectivity index (χ1) is 23.1. The summed E-state index contributed by atoms with van der Waals surface area (Å²) in [6.45, 7) is 21.1. The number of carboxylic acids is 1. The molecule has 2 N–H and O–H groups in total. The summed E-state index contributed by atoms with van der Waals surface area (Å²) in [4.78, 5) is 54.4. The Bertz CT molecular complexity index is 1470. The molecule has 0 aromatic carbocycles. The van der Waals surface area contributed by atoms with Crippen LogP contribution in [0, 0.1) is 50.7 Å². The number of ether oxygens (including phenoxy) is 2. The number of carbonyl (C=O) groups is 4. The minimum atomic E-state index is -1.17. The predicted octanol–water partition coefficient (Wildman–Crippen LogP) is 7.56. The third-order valence-electron chi connectivity index (χ3n) is 15.7. The first kappa shape index (κ1) is 37.3. The molecule has 4 saturated carbocycles. The Labute approximate surface area is 300 Å². The van der Waals surface area contributed by atoms with E-state index in [0.717, 1.165) is 70.9 Å². The number of amides is 1. The first-order valence-corrected chi connectivity index (χ1v) is 19.5. The number of likely N-dealkylation sites (tertiary alicyclic amines) is 1. The Morgan fingerprint density at radius 1 is 0.960 bits per heavy atom. The number of carbonyl (C=O) groups excluding carboxylic acids is 3. The highest BCUT2D eigenvalue weighted by molar-refractivity contribution is 5.92. The summed E-state index contributed by atoms with van der Waals surface area (Å²) in [6.07, 6.45) is 7.74. The van der Waals surface area contributed by atoms with Crippen LogP contribution in [0.25, 0.3) is 0 Å². The molecule has 9 heteroatoms. The largest absolute Gasteiger partial charge is 0.481 e. The summed E-state index contributed by atoms with van der Waals surface area (Å²) in [6, 6.07) is 0. The fourth-order valence-electron chi connectivity index (χ4n) is 12.8. The number of fused-ring (bicyclic) bond motifs is 6. The van der Waals surface area contributed by atoms with Gasteiger partial charge in [0, 0.05) is 30.8 Å². The molecule has 0 radical (unpaired) electrons. The summed E-state index contributed by atoms with van der Waals surface area (Å²) < 4.78 is 12.1. The van der Waals surface area contributed by atoms with Crippen LogP contribution in [0.2, 0.25) is 0 Å². The monoisotopic (exact) mass is 696 g/mol. The molecular weight excluding hydrogens is 632 g/mol. The van der Waals surface area contributed by atoms with E-state index in [9.17, 15) is 24.3 Å². The average molecular weight is 697 g/mol. The molecular formula is C41H64N2O7. The zero-order valence-electron chi connectivity index (χ0n) is 32.5. The van der Waals surface area contributed by atoms with Crippen molar-refractivity contribution in [1.29, 1.82) is 0 Å². The molecule has 50 heavy (non-hydrogen) atoms. The van der Waals surface area contributed by atoms with E-state index in [1.807, 2.05) is 7.05 Å². The van der Waals surface area contributed by atoms with Crippen molar-refractivity contribution >= 4 is 23.8 Å². The van der Waals surface area contributed by atoms with Crippen LogP contribution in [-0.4, -0.2) is 71.7 Å². The van der Waals surface area contributed by atoms with Gasteiger partial charge < -0.3 is 24.8 Å². The lowest BCUT2D eigenvalue weighted by Gasteiger charge is -2.70. The van der Waals surface area contributed by atoms with Crippen molar-refractivity contribution in [3.05, 3.63) is 11.1 Å². The second kappa shape index (κ2) is 12.3. The Morgan fingerprint density at radius 3 is 2.28 bits per heavy atom. The quantitative estimate of drug-likeness (QED) is 0.207. The summed E-state index contributed by atoms with van der Waals surface area (Å²) in [5.41, 5.74) is 0.502. The molecule has 9 atom stereocenters. The zero-order valence-corrected chi connectivity index (χ0v) is 32.5. The summed E-state index contributed by atoms with van der Waals surface area (Å²) in [5, 5.41) is 12.9. The van der Waals surface area contributed by atoms with Crippen molar-refractivity contribution in [2.75, 3.05) is 20.1 Å². The van der Waals surface area contributed by atoms with Gasteiger partial charge in [-0.3, -0.25) is 14.4 Å². The SMILES string of the molecule is CC(C)C1C(=O)C[C@]2(NC(=O)O[C@@H]3CCN(C)C3)CC[C@]3(C)C(=C12)CCC1[C@@]2(C)CC[C@H](OC(=O)CC(C)(C)C(=O)O)C(C)(C)C2CC[C@]13C. The molecule has 3 unspecified atom stereocenters. The second-order valence-electron chi connectivity index (χ2n) is 19.7. The molecule has 280 valence electrons. The topological polar surface area (TPSA) is 122 Å². The number of aliphatic carboxylic acids is 1. The van der Waals surface area contributed by atoms with Gasteiger partial charge in [0.15, 0.2) is 0 Å². The van der Waals surface area contributed by atoms with Gasteiger partial charge in [0.25, 0.3) is 0 Å². The molecule has 1 aliphatic heterocycles. The van der Waals surface area contributed by atoms with Crippen LogP contribution < -0.4 is 5.32 Å². The number of carboxylic acid groups (broad SMARTS) is 1. The second-order valence-corrected chi connectivity index (χ2v) is 19.7. The van der Waals surface area contributed by atoms with Gasteiger partial charge in [-0.1, -0.05) is 54.0 Å². The van der Waals surface area contributed by atoms with Gasteiger partial charge in [-0.15, -0.1) is 0 Å². The third-order valence-corrected chi connectivity index (χ3v) is 15.7. The highest BCUT2D eigenvalue weighted by atomic mass is 16.6. The van der Waals surface area contributed by atoms with E-state index < -0.39 is 22.9 Å². The molecule has 6 rings (SSSR count). The van der Waals surface area contributed by atoms with E-state index in [0.29, 0.717) is 18.3 Å². The van der Waals surface area contributed by atoms with E-state index >= 15 is 0 Å². The van der Waals surface area contributed by atoms with Crippen molar-refractivity contribution in [1.82, 2.24) is 10.2 Å². The lowest BCUT2D eigenvalue weighted by Crippen LogP contribution is -2.65. The van der Waals surface area contributed by atoms with E-state index in [1.165, 1.54) is 11.1 Å². The van der Waals surface area contributed by atoms with E-state index in [-0.39, 0.29) is 64.0 Å². The average Bonchev–Trinajstić information content (AvgIpc) is 3.53. The van der Waals surface area contributed by atoms with E-state index in [1.54, 1.807) is 13.8 Å². The number of hydrogen-bond acceptors (Lipinski definition) is 7. The fourth-order valence-corrected chi connectivity index (χ4v) is 12.8. The van der Waals surface area contributed by atoms with Crippen molar-refractivity contribution in [2.24, 2.45) is 50.7 Å². The van der Waals surface area contributed by atoms with Crippen LogP contribution in [0.3, 0.4) is 0 Å². The smallest absolute Gasteiger partial charge is 0.408 e. The lowest BCUT2D eigenvalue weighted by atomic mass is 9.34. The molecule has 1 saturated heterocycles. The van der Waals surface area contributed by atoms with Crippen LogP contribution in [0.15, 0.2) is 11.1 Å². The Kier molecular flexibility index (Phi) is 9.21. The Hall–Kier alpha value is -2.42. The van der Waals surface area contributed by atoms with Crippen molar-refractivity contribution in [3.63, 3.8) is 0 Å². The first-order valence-electron chi connectivity index (χ1n) is 19.5. The predicted molar refractivity (Wildman–Crippen MR) is 191 cm³/mol. The number of nitrogens with one attached hydrogen (secondary N) is 1. The number of esters is 1. The molecule has 1 heterocycles. The number of nitrogens with zero attached hydrogens (tertiary/aromatic N) is 1. The van der Waals surface area contributed by atoms with Crippen LogP contribution in [0.1, 0.15) is 133 Å². The molecule has 6 aliphatic rings. The number of allylic oxidation sites excluding steroid dienone is 1. The maximum Gasteiger partial charge on any atom is 0.408 e. The molecule has 1 amide bonds. The molecule has 0 aromatic rings. The Balaban J connectivity index is 1.29. The minimum absolute atomic E-state index is 0.0121. The van der Waals surface area contributed by atoms with E-state index in [2.05, 4.69) is 58.7 Å². The van der Waals surface area contributed by atoms with Crippen LogP contribution >= 0.6 is 0 Å². The lowest BCUT2D eigenvalue weighted by molar-refractivity contribution is -0.214. The number of alkyl carbamates (subject to hydrolysis) is 1. The molecule has 5 fully saturated rings. The highest BCUT2D eigenvalue weighted by Crippen LogP contribution is 2.75. The van der Waals surface area contributed by atoms with Gasteiger partial charge in [-0.2, -0.15) is 0 Å². The number of likely N-dealkylation sites (N-methyl/N-ethyl adjacent to an activating group) is 1. The van der Waals surface area contributed by atoms with Crippen LogP contribution in [0.5, 0.6) is 0 Å². The van der Waals surface area contributed by atoms with Crippen molar-refractivity contribution < 1.29 is 33.8 Å². The number of rotatable bonds is 7. The maximum atomic E-state index is 13.9. The summed E-state index contributed by atoms with van der Waals surface area (Å²) in [7, 11) is 2.05. The summed E-state index contributed by atoms with van der Waals surface area (Å²) in [5.74, 6) is -0.396. The van der Waals surface area contributed by atoms with Crippen molar-refractivity contribution in [3.8, 4) is 0 Å². The highest BCUT2D eigenvalue weighted by Gasteiger charge is 2.69. The van der Waals surface area contributed by atoms with Gasteiger partial charge in [-0.05, 0) is 118 Å². The number of hydrogen-bond donors (Lipinski definition) is 2. The van der Waals surface area contributed by atoms with Crippen molar-refractivity contribution in [2.45, 2.75) is 151 Å². The molecule has 0 bridgehead atoms. The molecule has 5 aliphatic carbocycles. The minimum Gasteiger partial charge on any atom is -0.481 e. The summed E-state index contributed by atoms with van der Waals surface area (Å²) >= 11 is 0. The maximum absolute atomic E-state index is 13.9. The third kappa shape index (κ3) is 5.65. The van der Waals surface area contributed by atoms with Gasteiger partial charge in [0.05, 0.1) is 17.4 Å². The van der Waals surface area contributed by atoms with Gasteiger partial charge >= 0.3 is 18.0 Å². The van der Waals surface area contributed by atoms with Gasteiger partial charge in [-0.25, -0.2) is 4.79 Å². The number of Topliss-reactive ketones (excluding diaryl/α,β-unsaturated/α-hetero) is 1. The fraction of sp³-hybridized carbons (Fsp3) is 0.854. The Morgan fingerprint density at radius 2 is 1.66 bits per heavy atom. The molecule has 0 aromatic heterocycles. The molecule has 9 nitrogen and oxygen atoms in total. The zero-order chi connectivity index (χ0) is 36.8. The molecule has 0 spiro atoms. The normalized spacial score (nSPS) is 41.2. The van der Waals surface area contributed by atoms with E-state index in [4.69, 9.17) is 9.47 Å². The number of ketones is 1. The van der Waals surface area contributed by atoms with Gasteiger partial charge in [0.2, 0.25) is 0 Å². The van der Waals surface area contributed by atoms with Gasteiger partial charge in [0.1, 0.15) is 18.0 Å².